The van der Waals surface area contributed by atoms with Crippen LogP contribution >= 0.6 is 23.2 Å². The number of rotatable bonds is 6. The highest BCUT2D eigenvalue weighted by Gasteiger charge is 2.37. The topological polar surface area (TPSA) is 89.4 Å². The quantitative estimate of drug-likeness (QED) is 0.332. The van der Waals surface area contributed by atoms with Crippen LogP contribution in [0.3, 0.4) is 0 Å². The lowest BCUT2D eigenvalue weighted by Gasteiger charge is -2.39. The fraction of sp³-hybridized carbons (Fsp3) is 0.484. The number of hydrogen-bond acceptors (Lipinski definition) is 5. The Hall–Kier alpha value is -3.10. The minimum absolute atomic E-state index is 0.0638. The lowest BCUT2D eigenvalue weighted by Crippen LogP contribution is -2.50. The van der Waals surface area contributed by atoms with Crippen LogP contribution in [0.5, 0.6) is 0 Å². The third-order valence-corrected chi connectivity index (χ3v) is 8.00. The Morgan fingerprint density at radius 2 is 1.80 bits per heavy atom. The summed E-state index contributed by atoms with van der Waals surface area (Å²) in [6, 6.07) is 8.57. The zero-order chi connectivity index (χ0) is 30.1. The maximum atomic E-state index is 14.1. The summed E-state index contributed by atoms with van der Waals surface area (Å²) in [5.74, 6) is 0.0153. The predicted molar refractivity (Wildman–Crippen MR) is 161 cm³/mol. The summed E-state index contributed by atoms with van der Waals surface area (Å²) >= 11 is 12.4. The molecule has 2 heterocycles. The second-order valence-electron chi connectivity index (χ2n) is 12.1. The highest BCUT2D eigenvalue weighted by Crippen LogP contribution is 2.34. The minimum atomic E-state index is -0.852. The van der Waals surface area contributed by atoms with E-state index >= 15 is 0 Å². The van der Waals surface area contributed by atoms with E-state index in [0.717, 1.165) is 46.4 Å². The molecule has 3 aromatic rings. The highest BCUT2D eigenvalue weighted by molar-refractivity contribution is 6.35. The van der Waals surface area contributed by atoms with E-state index in [2.05, 4.69) is 15.6 Å². The molecule has 2 amide bonds. The Labute approximate surface area is 252 Å². The van der Waals surface area contributed by atoms with Crippen molar-refractivity contribution in [2.45, 2.75) is 91.5 Å². The van der Waals surface area contributed by atoms with Crippen LogP contribution in [0.4, 0.5) is 4.79 Å². The molecule has 220 valence electrons. The first-order chi connectivity index (χ1) is 19.2. The molecule has 1 N–H and O–H groups in total. The van der Waals surface area contributed by atoms with Crippen LogP contribution in [0.25, 0.3) is 0 Å². The number of nitrogens with zero attached hydrogens (tertiary/aromatic N) is 4. The first-order valence-corrected chi connectivity index (χ1v) is 14.7. The summed E-state index contributed by atoms with van der Waals surface area (Å²) in [6.07, 6.45) is 2.81. The van der Waals surface area contributed by atoms with Gasteiger partial charge < -0.3 is 15.0 Å². The number of alkyl carbamates (subject to hydrolysis) is 1. The fourth-order valence-corrected chi connectivity index (χ4v) is 6.13. The summed E-state index contributed by atoms with van der Waals surface area (Å²) in [5.41, 5.74) is 4.94. The van der Waals surface area contributed by atoms with Crippen LogP contribution in [0.1, 0.15) is 86.0 Å². The van der Waals surface area contributed by atoms with E-state index in [1.54, 1.807) is 37.6 Å². The van der Waals surface area contributed by atoms with Crippen molar-refractivity contribution in [3.05, 3.63) is 80.1 Å². The van der Waals surface area contributed by atoms with Gasteiger partial charge in [0.2, 0.25) is 5.91 Å². The van der Waals surface area contributed by atoms with Gasteiger partial charge in [0, 0.05) is 34.7 Å². The molecular formula is C31H39Cl2N5O3. The third-order valence-electron chi connectivity index (χ3n) is 7.42. The van der Waals surface area contributed by atoms with Gasteiger partial charge in [0.1, 0.15) is 11.6 Å². The Bertz CT molecular complexity index is 1410. The molecule has 3 atom stereocenters. The smallest absolute Gasteiger partial charge is 0.408 e. The second kappa shape index (κ2) is 12.4. The number of piperidine rings is 1. The Morgan fingerprint density at radius 3 is 2.41 bits per heavy atom. The zero-order valence-electron chi connectivity index (χ0n) is 24.8. The molecule has 0 aliphatic carbocycles. The number of benzene rings is 2. The van der Waals surface area contributed by atoms with Gasteiger partial charge in [-0.1, -0.05) is 52.2 Å². The van der Waals surface area contributed by atoms with Crippen molar-refractivity contribution in [3.8, 4) is 0 Å². The standard InChI is InChI=1S/C31H39Cl2N5O3/c1-18-12-19(2)27(20(3)13-18)28(34-30(40)41-31(5,6)7)29(39)38-11-10-22(14-21(38)4)26-17-37(36-35-26)16-23-8-9-24(32)15-25(23)33/h8-9,12-13,15,17,21-22,28H,10-11,14,16H2,1-7H3,(H,34,40). The van der Waals surface area contributed by atoms with Crippen molar-refractivity contribution in [2.24, 2.45) is 0 Å². The van der Waals surface area contributed by atoms with E-state index in [4.69, 9.17) is 27.9 Å². The van der Waals surface area contributed by atoms with E-state index in [-0.39, 0.29) is 17.9 Å². The average molecular weight is 601 g/mol. The number of amides is 2. The molecule has 0 saturated carbocycles. The van der Waals surface area contributed by atoms with Gasteiger partial charge in [0.05, 0.1) is 12.2 Å². The number of aromatic nitrogens is 3. The lowest BCUT2D eigenvalue weighted by atomic mass is 9.87. The fourth-order valence-electron chi connectivity index (χ4n) is 5.67. The van der Waals surface area contributed by atoms with Gasteiger partial charge in [-0.05, 0) is 95.7 Å². The van der Waals surface area contributed by atoms with Crippen molar-refractivity contribution in [1.82, 2.24) is 25.2 Å². The number of carbonyl (C=O) groups excluding carboxylic acids is 2. The van der Waals surface area contributed by atoms with Crippen molar-refractivity contribution < 1.29 is 14.3 Å². The maximum Gasteiger partial charge on any atom is 0.408 e. The Morgan fingerprint density at radius 1 is 1.12 bits per heavy atom. The molecule has 1 saturated heterocycles. The summed E-state index contributed by atoms with van der Waals surface area (Å²) in [5, 5.41) is 12.8. The van der Waals surface area contributed by atoms with Gasteiger partial charge in [-0.2, -0.15) is 0 Å². The van der Waals surface area contributed by atoms with Crippen LogP contribution in [0, 0.1) is 20.8 Å². The Balaban J connectivity index is 1.50. The number of halogens is 2. The average Bonchev–Trinajstić information content (AvgIpc) is 3.31. The number of hydrogen-bond donors (Lipinski definition) is 1. The summed E-state index contributed by atoms with van der Waals surface area (Å²) in [4.78, 5) is 28.9. The van der Waals surface area contributed by atoms with Crippen molar-refractivity contribution in [2.75, 3.05) is 6.54 Å². The van der Waals surface area contributed by atoms with Crippen molar-refractivity contribution >= 4 is 35.2 Å². The molecule has 4 rings (SSSR count). The van der Waals surface area contributed by atoms with Gasteiger partial charge in [-0.15, -0.1) is 5.10 Å². The molecule has 1 aromatic heterocycles. The van der Waals surface area contributed by atoms with Gasteiger partial charge in [0.15, 0.2) is 0 Å². The van der Waals surface area contributed by atoms with Crippen LogP contribution < -0.4 is 5.32 Å². The molecule has 1 aliphatic heterocycles. The summed E-state index contributed by atoms with van der Waals surface area (Å²) < 4.78 is 7.31. The predicted octanol–water partition coefficient (Wildman–Crippen LogP) is 6.92. The molecule has 0 bridgehead atoms. The first-order valence-electron chi connectivity index (χ1n) is 13.9. The largest absolute Gasteiger partial charge is 0.444 e. The Kier molecular flexibility index (Phi) is 9.34. The van der Waals surface area contributed by atoms with Gasteiger partial charge in [-0.3, -0.25) is 4.79 Å². The number of ether oxygens (including phenoxy) is 1. The zero-order valence-corrected chi connectivity index (χ0v) is 26.3. The van der Waals surface area contributed by atoms with E-state index < -0.39 is 17.7 Å². The molecule has 0 spiro atoms. The number of carbonyl (C=O) groups is 2. The minimum Gasteiger partial charge on any atom is -0.444 e. The molecule has 2 aromatic carbocycles. The van der Waals surface area contributed by atoms with Crippen LogP contribution in [-0.2, 0) is 16.1 Å². The normalized spacial score (nSPS) is 18.2. The van der Waals surface area contributed by atoms with Crippen molar-refractivity contribution in [1.29, 1.82) is 0 Å². The van der Waals surface area contributed by atoms with Crippen LogP contribution in [0.2, 0.25) is 10.0 Å². The third kappa shape index (κ3) is 7.60. The summed E-state index contributed by atoms with van der Waals surface area (Å²) in [6.45, 7) is 14.5. The van der Waals surface area contributed by atoms with Crippen molar-refractivity contribution in [3.63, 3.8) is 0 Å². The van der Waals surface area contributed by atoms with E-state index in [1.807, 2.05) is 57.0 Å². The molecule has 3 unspecified atom stereocenters. The molecule has 8 nitrogen and oxygen atoms in total. The first kappa shape index (κ1) is 30.8. The number of aryl methyl sites for hydroxylation is 3. The summed E-state index contributed by atoms with van der Waals surface area (Å²) in [7, 11) is 0. The number of nitrogens with one attached hydrogen (secondary N) is 1. The van der Waals surface area contributed by atoms with Crippen LogP contribution in [-0.4, -0.2) is 50.1 Å². The maximum absolute atomic E-state index is 14.1. The SMILES string of the molecule is Cc1cc(C)c(C(NC(=O)OC(C)(C)C)C(=O)N2CCC(c3cn(Cc4ccc(Cl)cc4Cl)nn3)CC2C)c(C)c1. The molecule has 0 radical (unpaired) electrons. The number of likely N-dealkylation sites (tertiary alicyclic amines) is 1. The molecule has 1 aliphatic rings. The molecular weight excluding hydrogens is 561 g/mol. The second-order valence-corrected chi connectivity index (χ2v) is 12.9. The van der Waals surface area contributed by atoms with E-state index in [0.29, 0.717) is 23.1 Å². The van der Waals surface area contributed by atoms with Gasteiger partial charge in [-0.25, -0.2) is 9.48 Å². The monoisotopic (exact) mass is 599 g/mol. The van der Waals surface area contributed by atoms with Gasteiger partial charge >= 0.3 is 6.09 Å². The van der Waals surface area contributed by atoms with Gasteiger partial charge in [0.25, 0.3) is 0 Å². The lowest BCUT2D eigenvalue weighted by molar-refractivity contribution is -0.137. The van der Waals surface area contributed by atoms with Crippen LogP contribution in [0.15, 0.2) is 36.5 Å². The van der Waals surface area contributed by atoms with E-state index in [9.17, 15) is 9.59 Å². The molecule has 10 heteroatoms. The highest BCUT2D eigenvalue weighted by atomic mass is 35.5. The van der Waals surface area contributed by atoms with E-state index in [1.165, 1.54) is 0 Å². The molecule has 41 heavy (non-hydrogen) atoms. The molecule has 1 fully saturated rings.